The number of ether oxygens (including phenoxy) is 2. The second-order valence-electron chi connectivity index (χ2n) is 17.1. The third-order valence-electron chi connectivity index (χ3n) is 12.7. The summed E-state index contributed by atoms with van der Waals surface area (Å²) in [5, 5.41) is 0. The molecule has 0 aromatic heterocycles. The van der Waals surface area contributed by atoms with Crippen molar-refractivity contribution in [1.29, 1.82) is 0 Å². The number of hydrogen-bond acceptors (Lipinski definition) is 2. The van der Waals surface area contributed by atoms with Gasteiger partial charge >= 0.3 is 12.2 Å². The molecule has 0 heterocycles. The zero-order valence-electron chi connectivity index (χ0n) is 35.8. The van der Waals surface area contributed by atoms with Crippen molar-refractivity contribution in [3.05, 3.63) is 178 Å². The zero-order chi connectivity index (χ0) is 46.5. The van der Waals surface area contributed by atoms with Crippen LogP contribution in [0.5, 0.6) is 11.5 Å². The standard InChI is InChI=1S/C27H25F5O.C26H23F5O/c1-2-17-7-9-18(10-8-17)19-11-13-21(14-12-19)27(31,32)33-25-6-4-3-5-22(25)20-15-23(28)26(30)24(29)16-20;1-16-6-8-17(9-7-16)18-10-12-20(13-11-18)26(30,31)32-24-5-3-2-4-21(24)19-14-22(27)25(29)23(28)15-19/h3-6,11-18H,2,7-10H2,1H3;2-5,10-17H,6-9H2,1H3. The Bertz CT molecular complexity index is 2500. The topological polar surface area (TPSA) is 18.5 Å². The van der Waals surface area contributed by atoms with Gasteiger partial charge in [-0.25, -0.2) is 26.3 Å². The highest BCUT2D eigenvalue weighted by Gasteiger charge is 2.37. The summed E-state index contributed by atoms with van der Waals surface area (Å²) in [5.74, 6) is -7.21. The van der Waals surface area contributed by atoms with Crippen molar-refractivity contribution in [1.82, 2.24) is 0 Å². The molecule has 6 aromatic rings. The maximum absolute atomic E-state index is 15.0. The van der Waals surface area contributed by atoms with Crippen LogP contribution in [0, 0.1) is 46.7 Å². The van der Waals surface area contributed by atoms with E-state index in [4.69, 9.17) is 9.47 Å². The summed E-state index contributed by atoms with van der Waals surface area (Å²) >= 11 is 0. The van der Waals surface area contributed by atoms with Crippen LogP contribution in [0.15, 0.2) is 121 Å². The van der Waals surface area contributed by atoms with E-state index in [1.165, 1.54) is 79.2 Å². The summed E-state index contributed by atoms with van der Waals surface area (Å²) in [7, 11) is 0. The molecule has 0 amide bonds. The maximum Gasteiger partial charge on any atom is 0.426 e. The van der Waals surface area contributed by atoms with E-state index in [2.05, 4.69) is 13.8 Å². The molecule has 0 spiro atoms. The molecule has 0 saturated heterocycles. The van der Waals surface area contributed by atoms with Gasteiger partial charge in [0.2, 0.25) is 0 Å². The van der Waals surface area contributed by atoms with Crippen LogP contribution in [0.1, 0.15) is 106 Å². The first-order valence-corrected chi connectivity index (χ1v) is 21.8. The molecule has 2 aliphatic carbocycles. The van der Waals surface area contributed by atoms with Gasteiger partial charge in [-0.15, -0.1) is 0 Å². The van der Waals surface area contributed by atoms with Crippen molar-refractivity contribution in [3.8, 4) is 33.8 Å². The van der Waals surface area contributed by atoms with Gasteiger partial charge < -0.3 is 9.47 Å². The molecule has 8 rings (SSSR count). The second kappa shape index (κ2) is 20.2. The first-order chi connectivity index (χ1) is 31.0. The number of alkyl halides is 4. The highest BCUT2D eigenvalue weighted by molar-refractivity contribution is 5.71. The van der Waals surface area contributed by atoms with Gasteiger partial charge in [-0.3, -0.25) is 0 Å². The van der Waals surface area contributed by atoms with Crippen molar-refractivity contribution < 1.29 is 53.4 Å². The lowest BCUT2D eigenvalue weighted by molar-refractivity contribution is -0.185. The van der Waals surface area contributed by atoms with Gasteiger partial charge in [-0.2, -0.15) is 17.6 Å². The lowest BCUT2D eigenvalue weighted by Gasteiger charge is -2.28. The van der Waals surface area contributed by atoms with Crippen LogP contribution in [0.2, 0.25) is 0 Å². The number of halogens is 10. The Balaban J connectivity index is 0.000000194. The Labute approximate surface area is 372 Å². The molecule has 2 fully saturated rings. The molecule has 0 atom stereocenters. The number of para-hydroxylation sites is 2. The SMILES string of the molecule is CC1CCC(c2ccc(C(F)(F)Oc3ccccc3-c3cc(F)c(F)c(F)c3)cc2)CC1.CCC1CCC(c2ccc(C(F)(F)Oc3ccccc3-c3cc(F)c(F)c(F)c3)cc2)CC1. The van der Waals surface area contributed by atoms with Crippen molar-refractivity contribution in [2.75, 3.05) is 0 Å². The van der Waals surface area contributed by atoms with Gasteiger partial charge in [0.1, 0.15) is 11.5 Å². The molecule has 0 radical (unpaired) electrons. The van der Waals surface area contributed by atoms with E-state index in [0.29, 0.717) is 17.8 Å². The van der Waals surface area contributed by atoms with Gasteiger partial charge in [0, 0.05) is 11.1 Å². The molecular weight excluding hydrogens is 859 g/mol. The molecule has 2 aliphatic rings. The molecule has 6 aromatic carbocycles. The van der Waals surface area contributed by atoms with Crippen molar-refractivity contribution in [3.63, 3.8) is 0 Å². The van der Waals surface area contributed by atoms with E-state index < -0.39 is 47.1 Å². The highest BCUT2D eigenvalue weighted by atomic mass is 19.3. The summed E-state index contributed by atoms with van der Waals surface area (Å²) in [5.41, 5.74) is 1.29. The zero-order valence-corrected chi connectivity index (χ0v) is 35.8. The minimum atomic E-state index is -3.67. The van der Waals surface area contributed by atoms with Gasteiger partial charge in [0.25, 0.3) is 0 Å². The molecular formula is C53H48F10O2. The smallest absolute Gasteiger partial charge is 0.426 e. The van der Waals surface area contributed by atoms with Crippen molar-refractivity contribution in [2.45, 2.75) is 95.7 Å². The predicted octanol–water partition coefficient (Wildman–Crippen LogP) is 16.8. The Morgan fingerprint density at radius 1 is 0.462 bits per heavy atom. The van der Waals surface area contributed by atoms with Crippen LogP contribution in [0.25, 0.3) is 22.3 Å². The molecule has 0 aliphatic heterocycles. The minimum absolute atomic E-state index is 0.0259. The van der Waals surface area contributed by atoms with Crippen LogP contribution in [0.3, 0.4) is 0 Å². The summed E-state index contributed by atoms with van der Waals surface area (Å²) in [4.78, 5) is 0. The average Bonchev–Trinajstić information content (AvgIpc) is 3.30. The van der Waals surface area contributed by atoms with Gasteiger partial charge in [-0.1, -0.05) is 93.8 Å². The van der Waals surface area contributed by atoms with E-state index in [9.17, 15) is 35.1 Å². The number of rotatable bonds is 11. The molecule has 0 N–H and O–H groups in total. The van der Waals surface area contributed by atoms with Crippen LogP contribution in [0.4, 0.5) is 43.9 Å². The van der Waals surface area contributed by atoms with E-state index >= 15 is 8.78 Å². The highest BCUT2D eigenvalue weighted by Crippen LogP contribution is 2.42. The van der Waals surface area contributed by atoms with E-state index in [0.717, 1.165) is 92.7 Å². The number of hydrogen-bond donors (Lipinski definition) is 0. The van der Waals surface area contributed by atoms with Crippen LogP contribution >= 0.6 is 0 Å². The van der Waals surface area contributed by atoms with Crippen LogP contribution in [-0.4, -0.2) is 0 Å². The van der Waals surface area contributed by atoms with E-state index in [-0.39, 0.29) is 44.9 Å². The molecule has 0 unspecified atom stereocenters. The maximum atomic E-state index is 15.0. The third-order valence-corrected chi connectivity index (χ3v) is 12.7. The Morgan fingerprint density at radius 3 is 1.15 bits per heavy atom. The van der Waals surface area contributed by atoms with Gasteiger partial charge in [-0.05, 0) is 145 Å². The van der Waals surface area contributed by atoms with E-state index in [1.807, 2.05) is 0 Å². The lowest BCUT2D eigenvalue weighted by atomic mass is 9.78. The van der Waals surface area contributed by atoms with Crippen molar-refractivity contribution >= 4 is 0 Å². The fraction of sp³-hybridized carbons (Fsp3) is 0.321. The summed E-state index contributed by atoms with van der Waals surface area (Å²) in [6, 6.07) is 26.6. The van der Waals surface area contributed by atoms with Gasteiger partial charge in [0.15, 0.2) is 34.9 Å². The fourth-order valence-corrected chi connectivity index (χ4v) is 8.80. The first kappa shape index (κ1) is 47.2. The Kier molecular flexibility index (Phi) is 14.6. The molecule has 2 saturated carbocycles. The monoisotopic (exact) mass is 906 g/mol. The second-order valence-corrected chi connectivity index (χ2v) is 17.1. The van der Waals surface area contributed by atoms with E-state index in [1.54, 1.807) is 24.3 Å². The first-order valence-electron chi connectivity index (χ1n) is 21.8. The van der Waals surface area contributed by atoms with Crippen LogP contribution < -0.4 is 9.47 Å². The minimum Gasteiger partial charge on any atom is -0.428 e. The summed E-state index contributed by atoms with van der Waals surface area (Å²) < 4.78 is 151. The Hall–Kier alpha value is -5.78. The fourth-order valence-electron chi connectivity index (χ4n) is 8.80. The van der Waals surface area contributed by atoms with Gasteiger partial charge in [0.05, 0.1) is 11.1 Å². The molecule has 65 heavy (non-hydrogen) atoms. The van der Waals surface area contributed by atoms with Crippen LogP contribution in [-0.2, 0) is 12.2 Å². The normalized spacial score (nSPS) is 19.0. The predicted molar refractivity (Wildman–Crippen MR) is 231 cm³/mol. The average molecular weight is 907 g/mol. The largest absolute Gasteiger partial charge is 0.428 e. The van der Waals surface area contributed by atoms with Crippen molar-refractivity contribution in [2.24, 2.45) is 11.8 Å². The molecule has 2 nitrogen and oxygen atoms in total. The molecule has 12 heteroatoms. The quantitative estimate of drug-likeness (QED) is 0.0953. The summed E-state index contributed by atoms with van der Waals surface area (Å²) in [6.45, 7) is 4.42. The molecule has 0 bridgehead atoms. The number of benzene rings is 6. The summed E-state index contributed by atoms with van der Waals surface area (Å²) in [6.07, 6.45) is 2.61. The molecule has 342 valence electrons. The Morgan fingerprint density at radius 2 is 0.800 bits per heavy atom. The lowest BCUT2D eigenvalue weighted by Crippen LogP contribution is -2.22. The third kappa shape index (κ3) is 11.2.